The van der Waals surface area contributed by atoms with Gasteiger partial charge in [-0.3, -0.25) is 5.10 Å². The van der Waals surface area contributed by atoms with Gasteiger partial charge in [-0.1, -0.05) is 23.1 Å². The van der Waals surface area contributed by atoms with Crippen LogP contribution in [0.5, 0.6) is 0 Å². The van der Waals surface area contributed by atoms with Crippen LogP contribution < -0.4 is 5.46 Å². The number of nitrogens with one attached hydrogen (secondary N) is 1. The van der Waals surface area contributed by atoms with Crippen molar-refractivity contribution >= 4 is 35.8 Å². The minimum atomic E-state index is 0.788. The highest BCUT2D eigenvalue weighted by Crippen LogP contribution is 2.17. The highest BCUT2D eigenvalue weighted by Gasteiger charge is 2.01. The van der Waals surface area contributed by atoms with Crippen LogP contribution >= 0.6 is 11.6 Å². The fourth-order valence-corrected chi connectivity index (χ4v) is 1.31. The fraction of sp³-hybridized carbons (Fsp3) is 0. The molecule has 0 aliphatic heterocycles. The van der Waals surface area contributed by atoms with Crippen molar-refractivity contribution in [2.24, 2.45) is 0 Å². The van der Waals surface area contributed by atoms with Crippen molar-refractivity contribution < 1.29 is 0 Å². The first-order valence-electron chi connectivity index (χ1n) is 3.37. The second-order valence-corrected chi connectivity index (χ2v) is 2.91. The van der Waals surface area contributed by atoms with Crippen molar-refractivity contribution in [1.82, 2.24) is 10.2 Å². The quantitative estimate of drug-likeness (QED) is 0.564. The average molecular weight is 164 g/mol. The summed E-state index contributed by atoms with van der Waals surface area (Å²) in [4.78, 5) is 0. The van der Waals surface area contributed by atoms with Gasteiger partial charge < -0.3 is 0 Å². The van der Waals surface area contributed by atoms with Gasteiger partial charge in [-0.05, 0) is 6.07 Å². The van der Waals surface area contributed by atoms with Crippen LogP contribution in [-0.2, 0) is 0 Å². The summed E-state index contributed by atoms with van der Waals surface area (Å²) in [6.45, 7) is 0. The summed E-state index contributed by atoms with van der Waals surface area (Å²) in [5.41, 5.74) is 2.07. The van der Waals surface area contributed by atoms with E-state index in [0.717, 1.165) is 21.4 Å². The zero-order valence-corrected chi connectivity index (χ0v) is 6.81. The smallest absolute Gasteiger partial charge is 0.141 e. The normalized spacial score (nSPS) is 10.6. The highest BCUT2D eigenvalue weighted by molar-refractivity contribution is 6.48. The van der Waals surface area contributed by atoms with E-state index < -0.39 is 0 Å². The Kier molecular flexibility index (Phi) is 1.39. The summed E-state index contributed by atoms with van der Waals surface area (Å²) in [7, 11) is 1.98. The van der Waals surface area contributed by atoms with Crippen molar-refractivity contribution in [2.45, 2.75) is 0 Å². The molecule has 0 unspecified atom stereocenters. The van der Waals surface area contributed by atoms with Crippen LogP contribution in [0, 0.1) is 0 Å². The van der Waals surface area contributed by atoms with E-state index in [0.29, 0.717) is 0 Å². The molecule has 2 aromatic rings. The number of halogens is 1. The molecule has 0 saturated heterocycles. The summed E-state index contributed by atoms with van der Waals surface area (Å²) >= 11 is 6.01. The molecule has 1 heterocycles. The van der Waals surface area contributed by atoms with Gasteiger partial charge in [0.15, 0.2) is 0 Å². The first-order chi connectivity index (χ1) is 5.29. The molecule has 2 rings (SSSR count). The van der Waals surface area contributed by atoms with E-state index in [1.807, 2.05) is 20.0 Å². The lowest BCUT2D eigenvalue weighted by molar-refractivity contribution is 1.12. The molecule has 11 heavy (non-hydrogen) atoms. The Morgan fingerprint density at radius 3 is 3.09 bits per heavy atom. The SMILES string of the molecule is Bc1ccc2[nH]ncc2c1Cl. The van der Waals surface area contributed by atoms with Gasteiger partial charge in [0.1, 0.15) is 7.85 Å². The number of benzene rings is 1. The summed E-state index contributed by atoms with van der Waals surface area (Å²) in [5, 5.41) is 8.53. The molecule has 0 saturated carbocycles. The molecule has 1 N–H and O–H groups in total. The van der Waals surface area contributed by atoms with E-state index in [1.54, 1.807) is 6.20 Å². The number of rotatable bonds is 0. The minimum Gasteiger partial charge on any atom is -0.278 e. The number of fused-ring (bicyclic) bond motifs is 1. The molecular weight excluding hydrogens is 158 g/mol. The fourth-order valence-electron chi connectivity index (χ4n) is 1.09. The molecule has 0 radical (unpaired) electrons. The molecule has 0 fully saturated rings. The predicted octanol–water partition coefficient (Wildman–Crippen LogP) is 0.475. The Labute approximate surface area is 70.0 Å². The number of H-pyrrole nitrogens is 1. The Hall–Kier alpha value is -0.955. The molecule has 0 spiro atoms. The van der Waals surface area contributed by atoms with Gasteiger partial charge in [0.25, 0.3) is 0 Å². The van der Waals surface area contributed by atoms with E-state index in [4.69, 9.17) is 11.6 Å². The van der Waals surface area contributed by atoms with Crippen LogP contribution in [-0.4, -0.2) is 18.0 Å². The summed E-state index contributed by atoms with van der Waals surface area (Å²) in [5.74, 6) is 0. The van der Waals surface area contributed by atoms with Crippen LogP contribution in [0.1, 0.15) is 0 Å². The topological polar surface area (TPSA) is 28.7 Å². The van der Waals surface area contributed by atoms with Gasteiger partial charge in [0, 0.05) is 10.4 Å². The highest BCUT2D eigenvalue weighted by atomic mass is 35.5. The minimum absolute atomic E-state index is 0.788. The van der Waals surface area contributed by atoms with Crippen molar-refractivity contribution in [1.29, 1.82) is 0 Å². The number of hydrogen-bond acceptors (Lipinski definition) is 1. The molecule has 1 aromatic carbocycles. The molecular formula is C7H6BClN2. The Morgan fingerprint density at radius 1 is 1.45 bits per heavy atom. The third-order valence-corrected chi connectivity index (χ3v) is 2.25. The van der Waals surface area contributed by atoms with Crippen LogP contribution in [0.4, 0.5) is 0 Å². The van der Waals surface area contributed by atoms with E-state index >= 15 is 0 Å². The van der Waals surface area contributed by atoms with Gasteiger partial charge in [-0.2, -0.15) is 5.10 Å². The molecule has 0 aliphatic rings. The van der Waals surface area contributed by atoms with Gasteiger partial charge in [0.2, 0.25) is 0 Å². The van der Waals surface area contributed by atoms with Gasteiger partial charge >= 0.3 is 0 Å². The zero-order chi connectivity index (χ0) is 7.84. The van der Waals surface area contributed by atoms with Gasteiger partial charge in [-0.25, -0.2) is 0 Å². The average Bonchev–Trinajstić information content (AvgIpc) is 2.45. The monoisotopic (exact) mass is 164 g/mol. The Bertz CT molecular complexity index is 396. The summed E-state index contributed by atoms with van der Waals surface area (Å²) in [6.07, 6.45) is 1.74. The zero-order valence-electron chi connectivity index (χ0n) is 6.06. The molecule has 54 valence electrons. The lowest BCUT2D eigenvalue weighted by Crippen LogP contribution is -2.02. The van der Waals surface area contributed by atoms with Gasteiger partial charge in [0.05, 0.1) is 11.7 Å². The van der Waals surface area contributed by atoms with Crippen molar-refractivity contribution in [3.63, 3.8) is 0 Å². The van der Waals surface area contributed by atoms with Crippen molar-refractivity contribution in [2.75, 3.05) is 0 Å². The van der Waals surface area contributed by atoms with Crippen LogP contribution in [0.15, 0.2) is 18.3 Å². The maximum absolute atomic E-state index is 6.01. The van der Waals surface area contributed by atoms with Crippen molar-refractivity contribution in [3.05, 3.63) is 23.4 Å². The van der Waals surface area contributed by atoms with E-state index in [-0.39, 0.29) is 0 Å². The first-order valence-corrected chi connectivity index (χ1v) is 3.75. The number of aromatic nitrogens is 2. The van der Waals surface area contributed by atoms with Crippen LogP contribution in [0.25, 0.3) is 10.9 Å². The van der Waals surface area contributed by atoms with E-state index in [1.165, 1.54) is 0 Å². The maximum atomic E-state index is 6.01. The predicted molar refractivity (Wildman–Crippen MR) is 49.3 cm³/mol. The Balaban J connectivity index is 2.93. The molecule has 1 aromatic heterocycles. The Morgan fingerprint density at radius 2 is 2.27 bits per heavy atom. The summed E-state index contributed by atoms with van der Waals surface area (Å²) < 4.78 is 0. The molecule has 0 atom stereocenters. The molecule has 2 nitrogen and oxygen atoms in total. The standard InChI is InChI=1S/C7H6BClN2/c8-5-1-2-6-4(7(5)9)3-10-11-6/h1-3H,8H2,(H,10,11). The molecule has 0 aliphatic carbocycles. The number of nitrogens with zero attached hydrogens (tertiary/aromatic N) is 1. The third-order valence-electron chi connectivity index (χ3n) is 1.75. The molecule has 4 heteroatoms. The summed E-state index contributed by atoms with van der Waals surface area (Å²) in [6, 6.07) is 3.95. The third kappa shape index (κ3) is 0.924. The molecule has 0 amide bonds. The number of aromatic amines is 1. The maximum Gasteiger partial charge on any atom is 0.141 e. The largest absolute Gasteiger partial charge is 0.278 e. The second-order valence-electron chi connectivity index (χ2n) is 2.53. The van der Waals surface area contributed by atoms with E-state index in [2.05, 4.69) is 10.2 Å². The lowest BCUT2D eigenvalue weighted by Gasteiger charge is -1.96. The van der Waals surface area contributed by atoms with Crippen LogP contribution in [0.3, 0.4) is 0 Å². The van der Waals surface area contributed by atoms with Gasteiger partial charge in [-0.15, -0.1) is 0 Å². The lowest BCUT2D eigenvalue weighted by atomic mass is 9.95. The number of hydrogen-bond donors (Lipinski definition) is 1. The molecule has 0 bridgehead atoms. The van der Waals surface area contributed by atoms with Crippen LogP contribution in [0.2, 0.25) is 5.02 Å². The van der Waals surface area contributed by atoms with Crippen molar-refractivity contribution in [3.8, 4) is 0 Å². The second kappa shape index (κ2) is 2.27. The van der Waals surface area contributed by atoms with E-state index in [9.17, 15) is 0 Å². The first kappa shape index (κ1) is 6.74.